The quantitative estimate of drug-likeness (QED) is 0.0128. The minimum absolute atomic E-state index is 0.0806. The molecule has 17 nitrogen and oxygen atoms in total. The van der Waals surface area contributed by atoms with Gasteiger partial charge in [0.25, 0.3) is 0 Å². The highest BCUT2D eigenvalue weighted by Gasteiger charge is 2.30. The van der Waals surface area contributed by atoms with Gasteiger partial charge >= 0.3 is 39.5 Å². The monoisotopic (exact) mass is 1400 g/mol. The number of phosphoric acid groups is 2. The summed E-state index contributed by atoms with van der Waals surface area (Å²) in [7, 11) is -9.94. The predicted molar refractivity (Wildman–Crippen MR) is 390 cm³/mol. The number of rotatable bonds is 74. The van der Waals surface area contributed by atoms with Crippen molar-refractivity contribution in [2.75, 3.05) is 39.6 Å². The first kappa shape index (κ1) is 93.0. The molecule has 19 heteroatoms. The molecule has 562 valence electrons. The molecule has 0 aromatic rings. The number of phosphoric ester groups is 2. The zero-order valence-electron chi connectivity index (χ0n) is 61.3. The highest BCUT2D eigenvalue weighted by Crippen LogP contribution is 2.45. The lowest BCUT2D eigenvalue weighted by atomic mass is 10.0. The van der Waals surface area contributed by atoms with Crippen LogP contribution in [0, 0.1) is 0 Å². The van der Waals surface area contributed by atoms with Crippen molar-refractivity contribution in [1.82, 2.24) is 0 Å². The molecule has 0 bridgehead atoms. The summed E-state index contributed by atoms with van der Waals surface area (Å²) in [5, 5.41) is 10.6. The molecule has 3 N–H and O–H groups in total. The molecule has 0 fully saturated rings. The number of aliphatic hydroxyl groups is 1. The molecule has 0 heterocycles. The highest BCUT2D eigenvalue weighted by molar-refractivity contribution is 7.47. The van der Waals surface area contributed by atoms with Crippen LogP contribution in [-0.4, -0.2) is 96.7 Å². The first-order valence-corrected chi connectivity index (χ1v) is 41.9. The van der Waals surface area contributed by atoms with Crippen LogP contribution in [0.15, 0.2) is 48.6 Å². The average molecular weight is 1400 g/mol. The highest BCUT2D eigenvalue weighted by atomic mass is 31.2. The van der Waals surface area contributed by atoms with E-state index in [1.165, 1.54) is 141 Å². The molecule has 0 amide bonds. The second kappa shape index (κ2) is 70.5. The number of esters is 4. The lowest BCUT2D eigenvalue weighted by Gasteiger charge is -2.21. The summed E-state index contributed by atoms with van der Waals surface area (Å²) in [6.07, 6.45) is 66.6. The van der Waals surface area contributed by atoms with Gasteiger partial charge in [0.05, 0.1) is 26.4 Å². The predicted octanol–water partition coefficient (Wildman–Crippen LogP) is 22.1. The number of aliphatic hydroxyl groups excluding tert-OH is 1. The minimum atomic E-state index is -4.97. The Bertz CT molecular complexity index is 2010. The fourth-order valence-corrected chi connectivity index (χ4v) is 12.4. The Hall–Kier alpha value is -2.98. The van der Waals surface area contributed by atoms with Crippen LogP contribution < -0.4 is 0 Å². The number of hydrogen-bond donors (Lipinski definition) is 3. The molecule has 0 aromatic carbocycles. The van der Waals surface area contributed by atoms with Gasteiger partial charge in [-0.05, 0) is 103 Å². The summed E-state index contributed by atoms with van der Waals surface area (Å²) in [4.78, 5) is 72.8. The number of hydrogen-bond acceptors (Lipinski definition) is 15. The third kappa shape index (κ3) is 69.5. The second-order valence-corrected chi connectivity index (χ2v) is 29.2. The van der Waals surface area contributed by atoms with Gasteiger partial charge in [-0.2, -0.15) is 0 Å². The fourth-order valence-electron chi connectivity index (χ4n) is 10.8. The maximum absolute atomic E-state index is 13.1. The molecular formula is C77H142O17P2. The Morgan fingerprint density at radius 1 is 0.292 bits per heavy atom. The van der Waals surface area contributed by atoms with Crippen LogP contribution in [0.5, 0.6) is 0 Å². The van der Waals surface area contributed by atoms with Gasteiger partial charge in [-0.15, -0.1) is 0 Å². The van der Waals surface area contributed by atoms with Crippen molar-refractivity contribution in [3.63, 3.8) is 0 Å². The molecule has 0 saturated heterocycles. The molecule has 0 radical (unpaired) electrons. The lowest BCUT2D eigenvalue weighted by molar-refractivity contribution is -0.161. The van der Waals surface area contributed by atoms with Crippen molar-refractivity contribution in [2.24, 2.45) is 0 Å². The summed E-state index contributed by atoms with van der Waals surface area (Å²) in [6, 6.07) is 0. The minimum Gasteiger partial charge on any atom is -0.462 e. The van der Waals surface area contributed by atoms with Gasteiger partial charge in [0.1, 0.15) is 19.3 Å². The topological polar surface area (TPSA) is 237 Å². The van der Waals surface area contributed by atoms with Crippen LogP contribution in [0.25, 0.3) is 0 Å². The Morgan fingerprint density at radius 2 is 0.510 bits per heavy atom. The van der Waals surface area contributed by atoms with Gasteiger partial charge in [0.15, 0.2) is 12.2 Å². The molecule has 0 spiro atoms. The largest absolute Gasteiger partial charge is 0.472 e. The van der Waals surface area contributed by atoms with Gasteiger partial charge in [0, 0.05) is 25.7 Å². The summed E-state index contributed by atoms with van der Waals surface area (Å²) >= 11 is 0. The van der Waals surface area contributed by atoms with E-state index in [0.717, 1.165) is 141 Å². The average Bonchev–Trinajstić information content (AvgIpc) is 1.43. The van der Waals surface area contributed by atoms with Crippen LogP contribution in [0.4, 0.5) is 0 Å². The molecule has 0 aliphatic rings. The number of carbonyl (C=O) groups excluding carboxylic acids is 4. The molecule has 0 aliphatic heterocycles. The molecule has 0 rings (SSSR count). The fraction of sp³-hybridized carbons (Fsp3) is 0.844. The zero-order chi connectivity index (χ0) is 70.4. The third-order valence-electron chi connectivity index (χ3n) is 16.8. The first-order chi connectivity index (χ1) is 46.7. The molecule has 96 heavy (non-hydrogen) atoms. The Kier molecular flexibility index (Phi) is 68.3. The number of carbonyl (C=O) groups is 4. The van der Waals surface area contributed by atoms with Gasteiger partial charge in [-0.25, -0.2) is 9.13 Å². The van der Waals surface area contributed by atoms with Crippen LogP contribution >= 0.6 is 15.6 Å². The van der Waals surface area contributed by atoms with Crippen LogP contribution in [0.1, 0.15) is 362 Å². The summed E-state index contributed by atoms with van der Waals surface area (Å²) < 4.78 is 68.5. The third-order valence-corrected chi connectivity index (χ3v) is 18.7. The van der Waals surface area contributed by atoms with Gasteiger partial charge in [-0.1, -0.05) is 282 Å². The van der Waals surface area contributed by atoms with Gasteiger partial charge in [0.2, 0.25) is 0 Å². The molecule has 2 unspecified atom stereocenters. The Morgan fingerprint density at radius 3 is 0.792 bits per heavy atom. The van der Waals surface area contributed by atoms with Crippen molar-refractivity contribution in [3.8, 4) is 0 Å². The van der Waals surface area contributed by atoms with Crippen LogP contribution in [0.3, 0.4) is 0 Å². The SMILES string of the molecule is CCCCCC/C=C\C=C/CCCCCCCC(=O)O[C@H](COC(=O)CCCCCCC/C=C\CCCCCCCC)COP(=O)(O)OC[C@@H](O)COP(=O)(O)OC[C@@H](COC(=O)CCCCCCC/C=C\CCCCCC)OC(=O)CCCCCCCCCCCCCCC. The first-order valence-electron chi connectivity index (χ1n) is 38.9. The van der Waals surface area contributed by atoms with Crippen LogP contribution in [0.2, 0.25) is 0 Å². The second-order valence-electron chi connectivity index (χ2n) is 26.3. The van der Waals surface area contributed by atoms with E-state index >= 15 is 0 Å². The van der Waals surface area contributed by atoms with Crippen molar-refractivity contribution in [3.05, 3.63) is 48.6 Å². The molecule has 0 aliphatic carbocycles. The number of allylic oxidation sites excluding steroid dienone is 8. The summed E-state index contributed by atoms with van der Waals surface area (Å²) in [5.41, 5.74) is 0. The van der Waals surface area contributed by atoms with E-state index in [1.807, 2.05) is 0 Å². The van der Waals surface area contributed by atoms with E-state index in [2.05, 4.69) is 76.3 Å². The molecule has 0 aromatic heterocycles. The smallest absolute Gasteiger partial charge is 0.462 e. The normalized spacial score (nSPS) is 14.2. The maximum Gasteiger partial charge on any atom is 0.472 e. The Labute approximate surface area is 585 Å². The van der Waals surface area contributed by atoms with Crippen LogP contribution in [-0.2, 0) is 65.4 Å². The molecular weight excluding hydrogens is 1260 g/mol. The van der Waals surface area contributed by atoms with E-state index in [-0.39, 0.29) is 25.7 Å². The Balaban J connectivity index is 5.33. The molecule has 0 saturated carbocycles. The van der Waals surface area contributed by atoms with Crippen molar-refractivity contribution in [1.29, 1.82) is 0 Å². The molecule has 5 atom stereocenters. The van der Waals surface area contributed by atoms with E-state index < -0.39 is 97.5 Å². The standard InChI is InChI=1S/C77H142O17P2/c1-5-9-13-17-21-25-29-33-35-39-42-46-50-54-58-62-75(80)88-68-73(94-77(82)64-60-56-52-48-44-40-36-34-30-26-22-18-14-10-6-2)70-92-96(85,86)90-66-71(78)65-89-95(83,84)91-69-72(93-76(81)63-59-55-51-47-43-38-32-28-24-20-16-12-8-4)67-87-74(79)61-57-53-49-45-41-37-31-27-23-19-15-11-7-3/h26-27,30-31,33-36,71-73,78H,5-25,28-29,32,37-70H2,1-4H3,(H,83,84)(H,85,86)/b30-26-,31-27-,35-33-,36-34-/t71-,72+,73+/m0/s1. The van der Waals surface area contributed by atoms with E-state index in [1.54, 1.807) is 0 Å². The van der Waals surface area contributed by atoms with Crippen molar-refractivity contribution in [2.45, 2.75) is 380 Å². The zero-order valence-corrected chi connectivity index (χ0v) is 63.1. The number of unbranched alkanes of at least 4 members (excludes halogenated alkanes) is 41. The van der Waals surface area contributed by atoms with Crippen molar-refractivity contribution >= 4 is 39.5 Å². The van der Waals surface area contributed by atoms with E-state index in [9.17, 15) is 43.2 Å². The van der Waals surface area contributed by atoms with E-state index in [4.69, 9.17) is 37.0 Å². The lowest BCUT2D eigenvalue weighted by Crippen LogP contribution is -2.30. The van der Waals surface area contributed by atoms with E-state index in [0.29, 0.717) is 25.7 Å². The summed E-state index contributed by atoms with van der Waals surface area (Å²) in [5.74, 6) is -2.18. The summed E-state index contributed by atoms with van der Waals surface area (Å²) in [6.45, 7) is 4.86. The van der Waals surface area contributed by atoms with Crippen molar-refractivity contribution < 1.29 is 80.2 Å². The maximum atomic E-state index is 13.1. The number of ether oxygens (including phenoxy) is 4. The van der Waals surface area contributed by atoms with Gasteiger partial charge < -0.3 is 33.8 Å². The van der Waals surface area contributed by atoms with Gasteiger partial charge in [-0.3, -0.25) is 37.3 Å².